The molecule has 1 heterocycles. The van der Waals surface area contributed by atoms with Crippen molar-refractivity contribution in [2.75, 3.05) is 14.1 Å². The van der Waals surface area contributed by atoms with Crippen molar-refractivity contribution in [3.63, 3.8) is 0 Å². The van der Waals surface area contributed by atoms with Crippen molar-refractivity contribution in [2.24, 2.45) is 5.92 Å². The Labute approximate surface area is 160 Å². The molecule has 7 heteroatoms. The van der Waals surface area contributed by atoms with Gasteiger partial charge in [-0.15, -0.1) is 0 Å². The van der Waals surface area contributed by atoms with Crippen LogP contribution >= 0.6 is 0 Å². The second kappa shape index (κ2) is 8.44. The topological polar surface area (TPSA) is 87.1 Å². The normalized spacial score (nSPS) is 25.0. The fourth-order valence-electron chi connectivity index (χ4n) is 4.39. The summed E-state index contributed by atoms with van der Waals surface area (Å²) in [6, 6.07) is 5.55. The summed E-state index contributed by atoms with van der Waals surface area (Å²) >= 11 is 0. The number of rotatable bonds is 6. The van der Waals surface area contributed by atoms with Crippen molar-refractivity contribution in [1.29, 1.82) is 0 Å². The van der Waals surface area contributed by atoms with Crippen molar-refractivity contribution < 1.29 is 24.4 Å². The highest BCUT2D eigenvalue weighted by Gasteiger charge is 2.38. The average Bonchev–Trinajstić information content (AvgIpc) is 2.62. The summed E-state index contributed by atoms with van der Waals surface area (Å²) in [5, 5.41) is 19.6. The van der Waals surface area contributed by atoms with Gasteiger partial charge in [0.1, 0.15) is 11.5 Å². The van der Waals surface area contributed by atoms with Gasteiger partial charge in [0.25, 0.3) is 0 Å². The standard InChI is InChI=1S/C20H28BNO5/c1-22(2)16-8-6-13(7-9-16)10-17(23)12-15-11-14-4-3-5-18(20(24)25)19(14)27-21(15)26/h3-5,13,15-16,26H,6-12H2,1-2H3,(H,24,25)/t13?,15-,16?/m1/s1. The third-order valence-corrected chi connectivity index (χ3v) is 6.00. The zero-order valence-electron chi connectivity index (χ0n) is 16.1. The fourth-order valence-corrected chi connectivity index (χ4v) is 4.39. The van der Waals surface area contributed by atoms with Crippen molar-refractivity contribution >= 4 is 18.9 Å². The van der Waals surface area contributed by atoms with E-state index < -0.39 is 13.1 Å². The summed E-state index contributed by atoms with van der Waals surface area (Å²) in [5.41, 5.74) is 0.790. The van der Waals surface area contributed by atoms with Gasteiger partial charge in [-0.25, -0.2) is 4.79 Å². The second-order valence-electron chi connectivity index (χ2n) is 8.16. The number of ketones is 1. The molecule has 0 unspecified atom stereocenters. The van der Waals surface area contributed by atoms with Crippen LogP contribution in [0.15, 0.2) is 18.2 Å². The van der Waals surface area contributed by atoms with Gasteiger partial charge < -0.3 is 19.7 Å². The van der Waals surface area contributed by atoms with Gasteiger partial charge in [-0.3, -0.25) is 4.79 Å². The third-order valence-electron chi connectivity index (χ3n) is 6.00. The number of carboxylic acid groups (broad SMARTS) is 1. The van der Waals surface area contributed by atoms with Crippen LogP contribution in [-0.2, 0) is 11.2 Å². The van der Waals surface area contributed by atoms with Crippen LogP contribution in [0.4, 0.5) is 0 Å². The zero-order chi connectivity index (χ0) is 19.6. The molecule has 146 valence electrons. The van der Waals surface area contributed by atoms with E-state index in [1.807, 2.05) is 0 Å². The van der Waals surface area contributed by atoms with Crippen molar-refractivity contribution in [1.82, 2.24) is 4.90 Å². The first-order valence-electron chi connectivity index (χ1n) is 9.73. The highest BCUT2D eigenvalue weighted by atomic mass is 16.5. The molecule has 3 rings (SSSR count). The van der Waals surface area contributed by atoms with Gasteiger partial charge in [0.15, 0.2) is 0 Å². The Morgan fingerprint density at radius 2 is 1.89 bits per heavy atom. The molecule has 1 aliphatic carbocycles. The molecule has 0 spiro atoms. The highest BCUT2D eigenvalue weighted by Crippen LogP contribution is 2.37. The zero-order valence-corrected chi connectivity index (χ0v) is 16.1. The molecule has 0 amide bonds. The van der Waals surface area contributed by atoms with E-state index in [0.29, 0.717) is 24.8 Å². The molecule has 2 N–H and O–H groups in total. The second-order valence-corrected chi connectivity index (χ2v) is 8.16. The van der Waals surface area contributed by atoms with Gasteiger partial charge in [0.2, 0.25) is 0 Å². The summed E-state index contributed by atoms with van der Waals surface area (Å²) < 4.78 is 5.49. The molecule has 1 fully saturated rings. The summed E-state index contributed by atoms with van der Waals surface area (Å²) in [5.74, 6) is -0.590. The molecule has 0 bridgehead atoms. The smallest absolute Gasteiger partial charge is 0.526 e. The molecule has 1 saturated carbocycles. The third kappa shape index (κ3) is 4.71. The Balaban J connectivity index is 1.56. The van der Waals surface area contributed by atoms with Crippen LogP contribution in [0.25, 0.3) is 0 Å². The maximum atomic E-state index is 12.6. The largest absolute Gasteiger partial charge is 0.535 e. The first kappa shape index (κ1) is 19.9. The van der Waals surface area contributed by atoms with Crippen molar-refractivity contribution in [3.05, 3.63) is 29.3 Å². The predicted molar refractivity (Wildman–Crippen MR) is 103 cm³/mol. The van der Waals surface area contributed by atoms with Crippen LogP contribution in [0, 0.1) is 5.92 Å². The number of carbonyl (C=O) groups excluding carboxylic acids is 1. The summed E-state index contributed by atoms with van der Waals surface area (Å²) in [4.78, 5) is 26.1. The van der Waals surface area contributed by atoms with Crippen LogP contribution in [0.3, 0.4) is 0 Å². The minimum Gasteiger partial charge on any atom is -0.535 e. The van der Waals surface area contributed by atoms with Crippen LogP contribution < -0.4 is 4.65 Å². The number of para-hydroxylation sites is 1. The van der Waals surface area contributed by atoms with E-state index in [2.05, 4.69) is 19.0 Å². The molecule has 0 saturated heterocycles. The van der Waals surface area contributed by atoms with E-state index in [4.69, 9.17) is 4.65 Å². The molecule has 1 aromatic carbocycles. The summed E-state index contributed by atoms with van der Waals surface area (Å²) in [6.07, 6.45) is 5.69. The number of Topliss-reactive ketones (excluding diaryl/α,β-unsaturated/α-hetero) is 1. The van der Waals surface area contributed by atoms with Crippen molar-refractivity contribution in [3.8, 4) is 5.75 Å². The number of fused-ring (bicyclic) bond motifs is 1. The van der Waals surface area contributed by atoms with Gasteiger partial charge in [-0.05, 0) is 63.7 Å². The van der Waals surface area contributed by atoms with E-state index in [0.717, 1.165) is 31.2 Å². The van der Waals surface area contributed by atoms with Crippen LogP contribution in [0.5, 0.6) is 5.75 Å². The molecule has 1 aliphatic heterocycles. The lowest BCUT2D eigenvalue weighted by Crippen LogP contribution is -2.36. The van der Waals surface area contributed by atoms with Gasteiger partial charge in [0.05, 0.1) is 5.56 Å². The SMILES string of the molecule is CN(C)C1CCC(CC(=O)C[C@H]2Cc3cccc(C(=O)O)c3OB2O)CC1. The van der Waals surface area contributed by atoms with E-state index in [1.54, 1.807) is 12.1 Å². The van der Waals surface area contributed by atoms with E-state index in [1.165, 1.54) is 6.07 Å². The number of nitrogens with zero attached hydrogens (tertiary/aromatic N) is 1. The summed E-state index contributed by atoms with van der Waals surface area (Å²) in [6.45, 7) is 0. The van der Waals surface area contributed by atoms with E-state index >= 15 is 0 Å². The van der Waals surface area contributed by atoms with Crippen LogP contribution in [-0.4, -0.2) is 54.0 Å². The maximum absolute atomic E-state index is 12.6. The molecule has 0 radical (unpaired) electrons. The first-order chi connectivity index (χ1) is 12.8. The minimum atomic E-state index is -1.15. The number of carboxylic acids is 1. The van der Waals surface area contributed by atoms with Crippen LogP contribution in [0.1, 0.15) is 54.4 Å². The lowest BCUT2D eigenvalue weighted by molar-refractivity contribution is -0.120. The molecule has 27 heavy (non-hydrogen) atoms. The Morgan fingerprint density at radius 3 is 2.52 bits per heavy atom. The molecule has 1 atom stereocenters. The van der Waals surface area contributed by atoms with Crippen LogP contribution in [0.2, 0.25) is 5.82 Å². The van der Waals surface area contributed by atoms with E-state index in [-0.39, 0.29) is 29.3 Å². The molecule has 2 aliphatic rings. The highest BCUT2D eigenvalue weighted by molar-refractivity contribution is 6.47. The van der Waals surface area contributed by atoms with E-state index in [9.17, 15) is 19.7 Å². The lowest BCUT2D eigenvalue weighted by atomic mass is 9.64. The summed E-state index contributed by atoms with van der Waals surface area (Å²) in [7, 11) is 3.06. The number of hydrogen-bond acceptors (Lipinski definition) is 5. The maximum Gasteiger partial charge on any atom is 0.526 e. The molecular formula is C20H28BNO5. The Kier molecular flexibility index (Phi) is 6.22. The fraction of sp³-hybridized carbons (Fsp3) is 0.600. The molecule has 1 aromatic rings. The quantitative estimate of drug-likeness (QED) is 0.746. The minimum absolute atomic E-state index is 0.0500. The lowest BCUT2D eigenvalue weighted by Gasteiger charge is -2.33. The number of carbonyl (C=O) groups is 2. The Morgan fingerprint density at radius 1 is 1.19 bits per heavy atom. The van der Waals surface area contributed by atoms with Gasteiger partial charge in [-0.2, -0.15) is 0 Å². The molecular weight excluding hydrogens is 345 g/mol. The predicted octanol–water partition coefficient (Wildman–Crippen LogP) is 2.64. The number of aromatic carboxylic acids is 1. The average molecular weight is 373 g/mol. The molecule has 6 nitrogen and oxygen atoms in total. The first-order valence-corrected chi connectivity index (χ1v) is 9.73. The Bertz CT molecular complexity index is 700. The number of hydrogen-bond donors (Lipinski definition) is 2. The molecule has 0 aromatic heterocycles. The van der Waals surface area contributed by atoms with Gasteiger partial charge in [0, 0.05) is 24.7 Å². The number of benzene rings is 1. The van der Waals surface area contributed by atoms with Crippen molar-refractivity contribution in [2.45, 2.75) is 56.8 Å². The monoisotopic (exact) mass is 373 g/mol. The van der Waals surface area contributed by atoms with Gasteiger partial charge >= 0.3 is 13.1 Å². The Hall–Kier alpha value is -1.86. The van der Waals surface area contributed by atoms with Gasteiger partial charge in [-0.1, -0.05) is 12.1 Å².